The standard InChI is InChI=1S/C22H20N2O6/c25-17-13-19(30-15-20(17)29-14-16-5-2-1-3-6-16)22(27)24-10-8-23(9-11-24)21(26)18-7-4-12-28-18/h1-7,12-13,15H,8-11,14H2. The maximum absolute atomic E-state index is 12.7. The number of rotatable bonds is 5. The van der Waals surface area contributed by atoms with E-state index in [1.807, 2.05) is 30.3 Å². The van der Waals surface area contributed by atoms with Crippen LogP contribution in [0.3, 0.4) is 0 Å². The topological polar surface area (TPSA) is 93.2 Å². The number of nitrogens with zero attached hydrogens (tertiary/aromatic N) is 2. The van der Waals surface area contributed by atoms with Crippen LogP contribution in [0.5, 0.6) is 5.75 Å². The predicted octanol–water partition coefficient (Wildman–Crippen LogP) is 2.41. The van der Waals surface area contributed by atoms with Gasteiger partial charge in [-0.05, 0) is 17.7 Å². The molecule has 154 valence electrons. The first-order valence-corrected chi connectivity index (χ1v) is 9.53. The summed E-state index contributed by atoms with van der Waals surface area (Å²) >= 11 is 0. The van der Waals surface area contributed by atoms with Gasteiger partial charge in [0, 0.05) is 32.2 Å². The van der Waals surface area contributed by atoms with E-state index in [9.17, 15) is 14.4 Å². The van der Waals surface area contributed by atoms with Gasteiger partial charge < -0.3 is 23.4 Å². The van der Waals surface area contributed by atoms with E-state index in [0.717, 1.165) is 17.9 Å². The smallest absolute Gasteiger partial charge is 0.289 e. The molecule has 3 heterocycles. The van der Waals surface area contributed by atoms with Gasteiger partial charge in [0.2, 0.25) is 11.2 Å². The molecule has 0 radical (unpaired) electrons. The Morgan fingerprint density at radius 2 is 1.53 bits per heavy atom. The van der Waals surface area contributed by atoms with Crippen molar-refractivity contribution < 1.29 is 23.2 Å². The third-order valence-electron chi connectivity index (χ3n) is 4.83. The van der Waals surface area contributed by atoms with Crippen molar-refractivity contribution in [2.24, 2.45) is 0 Å². The van der Waals surface area contributed by atoms with Crippen LogP contribution in [-0.4, -0.2) is 47.8 Å². The molecule has 0 atom stereocenters. The average Bonchev–Trinajstić information content (AvgIpc) is 3.33. The maximum atomic E-state index is 12.7. The van der Waals surface area contributed by atoms with Crippen LogP contribution >= 0.6 is 0 Å². The molecular weight excluding hydrogens is 388 g/mol. The van der Waals surface area contributed by atoms with E-state index < -0.39 is 11.3 Å². The fourth-order valence-corrected chi connectivity index (χ4v) is 3.18. The average molecular weight is 408 g/mol. The van der Waals surface area contributed by atoms with Gasteiger partial charge in [0.25, 0.3) is 11.8 Å². The number of carbonyl (C=O) groups excluding carboxylic acids is 2. The molecule has 0 aliphatic carbocycles. The maximum Gasteiger partial charge on any atom is 0.289 e. The summed E-state index contributed by atoms with van der Waals surface area (Å²) in [5.74, 6) is -0.348. The van der Waals surface area contributed by atoms with Gasteiger partial charge >= 0.3 is 0 Å². The van der Waals surface area contributed by atoms with Gasteiger partial charge in [-0.2, -0.15) is 0 Å². The molecule has 0 saturated carbocycles. The minimum atomic E-state index is -0.424. The minimum Gasteiger partial charge on any atom is -0.482 e. The molecule has 8 nitrogen and oxygen atoms in total. The second kappa shape index (κ2) is 8.69. The second-order valence-electron chi connectivity index (χ2n) is 6.81. The molecule has 3 aromatic rings. The third-order valence-corrected chi connectivity index (χ3v) is 4.83. The SMILES string of the molecule is O=C(c1ccco1)N1CCN(C(=O)c2cc(=O)c(OCc3ccccc3)co2)CC1. The fraction of sp³-hybridized carbons (Fsp3) is 0.227. The Balaban J connectivity index is 1.35. The molecule has 1 fully saturated rings. The van der Waals surface area contributed by atoms with Crippen LogP contribution in [0.1, 0.15) is 26.7 Å². The summed E-state index contributed by atoms with van der Waals surface area (Å²) in [4.78, 5) is 40.5. The Labute approximate surface area is 172 Å². The van der Waals surface area contributed by atoms with Gasteiger partial charge in [0.1, 0.15) is 12.9 Å². The van der Waals surface area contributed by atoms with E-state index in [1.54, 1.807) is 21.9 Å². The lowest BCUT2D eigenvalue weighted by atomic mass is 10.2. The van der Waals surface area contributed by atoms with E-state index in [1.165, 1.54) is 6.26 Å². The number of hydrogen-bond donors (Lipinski definition) is 0. The van der Waals surface area contributed by atoms with Crippen molar-refractivity contribution in [2.75, 3.05) is 26.2 Å². The zero-order valence-electron chi connectivity index (χ0n) is 16.2. The van der Waals surface area contributed by atoms with Crippen LogP contribution in [0.4, 0.5) is 0 Å². The van der Waals surface area contributed by atoms with Crippen LogP contribution < -0.4 is 10.2 Å². The molecule has 2 amide bonds. The minimum absolute atomic E-state index is 0.0456. The van der Waals surface area contributed by atoms with Crippen molar-refractivity contribution in [1.82, 2.24) is 9.80 Å². The van der Waals surface area contributed by atoms with Crippen molar-refractivity contribution >= 4 is 11.8 Å². The molecule has 1 aliphatic heterocycles. The molecule has 1 aliphatic rings. The van der Waals surface area contributed by atoms with Crippen molar-refractivity contribution in [3.05, 3.63) is 88.4 Å². The van der Waals surface area contributed by atoms with Crippen LogP contribution in [-0.2, 0) is 6.61 Å². The molecule has 0 bridgehead atoms. The Morgan fingerprint density at radius 3 is 2.13 bits per heavy atom. The largest absolute Gasteiger partial charge is 0.482 e. The summed E-state index contributed by atoms with van der Waals surface area (Å²) in [7, 11) is 0. The molecule has 0 spiro atoms. The summed E-state index contributed by atoms with van der Waals surface area (Å²) in [5, 5.41) is 0. The molecule has 1 saturated heterocycles. The monoisotopic (exact) mass is 408 g/mol. The van der Waals surface area contributed by atoms with Crippen LogP contribution in [0.2, 0.25) is 0 Å². The number of furan rings is 1. The Kier molecular flexibility index (Phi) is 5.65. The fourth-order valence-electron chi connectivity index (χ4n) is 3.18. The first-order chi connectivity index (χ1) is 14.6. The number of ether oxygens (including phenoxy) is 1. The van der Waals surface area contributed by atoms with E-state index in [-0.39, 0.29) is 29.8 Å². The molecule has 2 aromatic heterocycles. The third kappa shape index (κ3) is 4.27. The highest BCUT2D eigenvalue weighted by atomic mass is 16.5. The molecular formula is C22H20N2O6. The van der Waals surface area contributed by atoms with Crippen LogP contribution in [0, 0.1) is 0 Å². The number of benzene rings is 1. The molecule has 1 aromatic carbocycles. The van der Waals surface area contributed by atoms with Gasteiger partial charge in [-0.1, -0.05) is 30.3 Å². The summed E-state index contributed by atoms with van der Waals surface area (Å²) in [5.41, 5.74) is 0.492. The van der Waals surface area contributed by atoms with E-state index in [4.69, 9.17) is 13.6 Å². The molecule has 8 heteroatoms. The highest BCUT2D eigenvalue weighted by Crippen LogP contribution is 2.14. The van der Waals surface area contributed by atoms with E-state index >= 15 is 0 Å². The summed E-state index contributed by atoms with van der Waals surface area (Å²) in [6.07, 6.45) is 2.61. The normalized spacial score (nSPS) is 13.9. The van der Waals surface area contributed by atoms with Crippen LogP contribution in [0.25, 0.3) is 0 Å². The zero-order chi connectivity index (χ0) is 20.9. The van der Waals surface area contributed by atoms with Gasteiger partial charge in [0.05, 0.1) is 6.26 Å². The summed E-state index contributed by atoms with van der Waals surface area (Å²) < 4.78 is 16.0. The highest BCUT2D eigenvalue weighted by molar-refractivity contribution is 5.93. The lowest BCUT2D eigenvalue weighted by Gasteiger charge is -2.33. The number of hydrogen-bond acceptors (Lipinski definition) is 6. The molecule has 30 heavy (non-hydrogen) atoms. The molecule has 0 unspecified atom stereocenters. The van der Waals surface area contributed by atoms with Crippen molar-refractivity contribution in [3.8, 4) is 5.75 Å². The van der Waals surface area contributed by atoms with Crippen molar-refractivity contribution in [3.63, 3.8) is 0 Å². The highest BCUT2D eigenvalue weighted by Gasteiger charge is 2.27. The Hall–Kier alpha value is -3.81. The zero-order valence-corrected chi connectivity index (χ0v) is 16.2. The summed E-state index contributed by atoms with van der Waals surface area (Å²) in [6.45, 7) is 1.63. The number of amides is 2. The second-order valence-corrected chi connectivity index (χ2v) is 6.81. The molecule has 0 N–H and O–H groups in total. The number of carbonyl (C=O) groups is 2. The Bertz CT molecular complexity index is 1070. The van der Waals surface area contributed by atoms with Crippen LogP contribution in [0.15, 0.2) is 74.7 Å². The first-order valence-electron chi connectivity index (χ1n) is 9.53. The van der Waals surface area contributed by atoms with E-state index in [0.29, 0.717) is 26.2 Å². The van der Waals surface area contributed by atoms with E-state index in [2.05, 4.69) is 0 Å². The summed E-state index contributed by atoms with van der Waals surface area (Å²) in [6, 6.07) is 13.8. The quantitative estimate of drug-likeness (QED) is 0.644. The lowest BCUT2D eigenvalue weighted by molar-refractivity contribution is 0.0500. The van der Waals surface area contributed by atoms with Crippen molar-refractivity contribution in [2.45, 2.75) is 6.61 Å². The van der Waals surface area contributed by atoms with Gasteiger partial charge in [0.15, 0.2) is 11.5 Å². The first kappa shape index (κ1) is 19.5. The number of piperazine rings is 1. The van der Waals surface area contributed by atoms with Gasteiger partial charge in [-0.15, -0.1) is 0 Å². The lowest BCUT2D eigenvalue weighted by Crippen LogP contribution is -2.50. The predicted molar refractivity (Wildman–Crippen MR) is 106 cm³/mol. The Morgan fingerprint density at radius 1 is 0.867 bits per heavy atom. The van der Waals surface area contributed by atoms with Gasteiger partial charge in [-0.25, -0.2) is 0 Å². The molecule has 4 rings (SSSR count). The van der Waals surface area contributed by atoms with Crippen molar-refractivity contribution in [1.29, 1.82) is 0 Å². The van der Waals surface area contributed by atoms with Gasteiger partial charge in [-0.3, -0.25) is 14.4 Å².